The van der Waals surface area contributed by atoms with E-state index in [1.54, 1.807) is 0 Å². The molecule has 0 aliphatic heterocycles. The minimum Gasteiger partial charge on any atom is -0.353 e. The maximum atomic E-state index is 12.1. The molecule has 0 saturated heterocycles. The van der Waals surface area contributed by atoms with E-state index in [9.17, 15) is 4.79 Å². The molecule has 2 nitrogen and oxygen atoms in total. The molecule has 1 aliphatic carbocycles. The van der Waals surface area contributed by atoms with Crippen molar-refractivity contribution in [3.63, 3.8) is 0 Å². The average Bonchev–Trinajstić information content (AvgIpc) is 2.36. The Morgan fingerprint density at radius 3 is 2.41 bits per heavy atom. The van der Waals surface area contributed by atoms with Crippen LogP contribution in [0.15, 0.2) is 0 Å². The van der Waals surface area contributed by atoms with Crippen molar-refractivity contribution in [2.45, 2.75) is 78.2 Å². The highest BCUT2D eigenvalue weighted by Crippen LogP contribution is 2.26. The van der Waals surface area contributed by atoms with Crippen LogP contribution >= 0.6 is 0 Å². The summed E-state index contributed by atoms with van der Waals surface area (Å²) in [4.78, 5) is 12.1. The molecule has 0 radical (unpaired) electrons. The van der Waals surface area contributed by atoms with Gasteiger partial charge in [-0.15, -0.1) is 0 Å². The normalized spacial score (nSPS) is 20.9. The van der Waals surface area contributed by atoms with E-state index in [0.717, 1.165) is 19.3 Å². The van der Waals surface area contributed by atoms with Gasteiger partial charge in [0.2, 0.25) is 5.91 Å². The monoisotopic (exact) mass is 239 g/mol. The van der Waals surface area contributed by atoms with Crippen LogP contribution in [0.3, 0.4) is 0 Å². The molecule has 1 saturated carbocycles. The van der Waals surface area contributed by atoms with E-state index in [4.69, 9.17) is 0 Å². The first kappa shape index (κ1) is 14.5. The Morgan fingerprint density at radius 2 is 1.88 bits per heavy atom. The third-order valence-electron chi connectivity index (χ3n) is 4.23. The molecule has 0 aromatic rings. The molecule has 2 heteroatoms. The van der Waals surface area contributed by atoms with Gasteiger partial charge in [0.15, 0.2) is 0 Å². The first-order valence-corrected chi connectivity index (χ1v) is 7.49. The van der Waals surface area contributed by atoms with Gasteiger partial charge in [-0.3, -0.25) is 4.79 Å². The van der Waals surface area contributed by atoms with E-state index in [2.05, 4.69) is 26.1 Å². The molecule has 0 bridgehead atoms. The SMILES string of the molecule is CCCC(CC)C(=O)N[C@@H](C)C1CCCCC1. The van der Waals surface area contributed by atoms with Crippen LogP contribution in [-0.2, 0) is 4.79 Å². The lowest BCUT2D eigenvalue weighted by atomic mass is 9.84. The summed E-state index contributed by atoms with van der Waals surface area (Å²) < 4.78 is 0. The summed E-state index contributed by atoms with van der Waals surface area (Å²) >= 11 is 0. The van der Waals surface area contributed by atoms with Gasteiger partial charge in [0.25, 0.3) is 0 Å². The molecule has 100 valence electrons. The lowest BCUT2D eigenvalue weighted by Crippen LogP contribution is -2.41. The Morgan fingerprint density at radius 1 is 1.24 bits per heavy atom. The van der Waals surface area contributed by atoms with Gasteiger partial charge in [-0.1, -0.05) is 39.5 Å². The first-order chi connectivity index (χ1) is 8.19. The van der Waals surface area contributed by atoms with E-state index < -0.39 is 0 Å². The molecule has 0 heterocycles. The molecule has 17 heavy (non-hydrogen) atoms. The van der Waals surface area contributed by atoms with Crippen molar-refractivity contribution in [3.05, 3.63) is 0 Å². The quantitative estimate of drug-likeness (QED) is 0.748. The summed E-state index contributed by atoms with van der Waals surface area (Å²) in [5.74, 6) is 1.23. The van der Waals surface area contributed by atoms with E-state index in [1.165, 1.54) is 32.1 Å². The van der Waals surface area contributed by atoms with Gasteiger partial charge in [-0.2, -0.15) is 0 Å². The van der Waals surface area contributed by atoms with Gasteiger partial charge in [0.1, 0.15) is 0 Å². The van der Waals surface area contributed by atoms with E-state index >= 15 is 0 Å². The van der Waals surface area contributed by atoms with Gasteiger partial charge in [-0.05, 0) is 38.5 Å². The lowest BCUT2D eigenvalue weighted by molar-refractivity contribution is -0.126. The van der Waals surface area contributed by atoms with Crippen LogP contribution in [0.5, 0.6) is 0 Å². The van der Waals surface area contributed by atoms with Crippen LogP contribution in [0.25, 0.3) is 0 Å². The standard InChI is InChI=1S/C15H29NO/c1-4-9-13(5-2)15(17)16-12(3)14-10-7-6-8-11-14/h12-14H,4-11H2,1-3H3,(H,16,17)/t12-,13?/m0/s1. The van der Waals surface area contributed by atoms with Gasteiger partial charge in [0.05, 0.1) is 0 Å². The second-order valence-electron chi connectivity index (χ2n) is 5.59. The smallest absolute Gasteiger partial charge is 0.223 e. The molecule has 1 fully saturated rings. The van der Waals surface area contributed by atoms with Crippen molar-refractivity contribution >= 4 is 5.91 Å². The number of hydrogen-bond acceptors (Lipinski definition) is 1. The fourth-order valence-corrected chi connectivity index (χ4v) is 2.96. The third kappa shape index (κ3) is 4.69. The highest BCUT2D eigenvalue weighted by atomic mass is 16.1. The predicted molar refractivity (Wildman–Crippen MR) is 72.9 cm³/mol. The summed E-state index contributed by atoms with van der Waals surface area (Å²) in [6, 6.07) is 0.369. The van der Waals surface area contributed by atoms with Crippen LogP contribution < -0.4 is 5.32 Å². The van der Waals surface area contributed by atoms with E-state index in [0.29, 0.717) is 12.0 Å². The van der Waals surface area contributed by atoms with Crippen molar-refractivity contribution < 1.29 is 4.79 Å². The second-order valence-corrected chi connectivity index (χ2v) is 5.59. The molecule has 1 unspecified atom stereocenters. The number of carbonyl (C=O) groups excluding carboxylic acids is 1. The van der Waals surface area contributed by atoms with Crippen molar-refractivity contribution in [3.8, 4) is 0 Å². The van der Waals surface area contributed by atoms with E-state index in [1.807, 2.05) is 0 Å². The fourth-order valence-electron chi connectivity index (χ4n) is 2.96. The topological polar surface area (TPSA) is 29.1 Å². The number of carbonyl (C=O) groups is 1. The molecular weight excluding hydrogens is 210 g/mol. The number of nitrogens with one attached hydrogen (secondary N) is 1. The molecule has 1 N–H and O–H groups in total. The van der Waals surface area contributed by atoms with Crippen LogP contribution in [-0.4, -0.2) is 11.9 Å². The lowest BCUT2D eigenvalue weighted by Gasteiger charge is -2.29. The minimum absolute atomic E-state index is 0.228. The Bertz CT molecular complexity index is 221. The maximum Gasteiger partial charge on any atom is 0.223 e. The molecule has 1 aliphatic rings. The Hall–Kier alpha value is -0.530. The van der Waals surface area contributed by atoms with E-state index in [-0.39, 0.29) is 11.8 Å². The van der Waals surface area contributed by atoms with Gasteiger partial charge in [-0.25, -0.2) is 0 Å². The molecule has 1 rings (SSSR count). The highest BCUT2D eigenvalue weighted by molar-refractivity contribution is 5.78. The van der Waals surface area contributed by atoms with Crippen LogP contribution in [0.1, 0.15) is 72.1 Å². The number of hydrogen-bond donors (Lipinski definition) is 1. The summed E-state index contributed by atoms with van der Waals surface area (Å²) in [6.45, 7) is 6.46. The summed E-state index contributed by atoms with van der Waals surface area (Å²) in [7, 11) is 0. The Balaban J connectivity index is 2.37. The van der Waals surface area contributed by atoms with Crippen molar-refractivity contribution in [1.82, 2.24) is 5.32 Å². The largest absolute Gasteiger partial charge is 0.353 e. The van der Waals surface area contributed by atoms with Gasteiger partial charge >= 0.3 is 0 Å². The first-order valence-electron chi connectivity index (χ1n) is 7.49. The second kappa shape index (κ2) is 7.73. The Labute approximate surface area is 107 Å². The van der Waals surface area contributed by atoms with Gasteiger partial charge in [0, 0.05) is 12.0 Å². The molecular formula is C15H29NO. The fraction of sp³-hybridized carbons (Fsp3) is 0.933. The van der Waals surface area contributed by atoms with Crippen molar-refractivity contribution in [2.75, 3.05) is 0 Å². The molecule has 0 aromatic carbocycles. The van der Waals surface area contributed by atoms with Gasteiger partial charge < -0.3 is 5.32 Å². The summed E-state index contributed by atoms with van der Waals surface area (Å²) in [5.41, 5.74) is 0. The predicted octanol–water partition coefficient (Wildman–Crippen LogP) is 3.90. The molecule has 0 aromatic heterocycles. The van der Waals surface area contributed by atoms with Crippen molar-refractivity contribution in [1.29, 1.82) is 0 Å². The summed E-state index contributed by atoms with van der Waals surface area (Å²) in [5, 5.41) is 3.25. The third-order valence-corrected chi connectivity index (χ3v) is 4.23. The molecule has 2 atom stereocenters. The number of rotatable bonds is 6. The van der Waals surface area contributed by atoms with Crippen LogP contribution in [0.4, 0.5) is 0 Å². The van der Waals surface area contributed by atoms with Crippen LogP contribution in [0, 0.1) is 11.8 Å². The Kier molecular flexibility index (Phi) is 6.61. The minimum atomic E-state index is 0.228. The summed E-state index contributed by atoms with van der Waals surface area (Å²) in [6.07, 6.45) is 9.76. The zero-order valence-electron chi connectivity index (χ0n) is 11.8. The molecule has 0 spiro atoms. The number of amides is 1. The van der Waals surface area contributed by atoms with Crippen LogP contribution in [0.2, 0.25) is 0 Å². The zero-order chi connectivity index (χ0) is 12.7. The molecule has 1 amide bonds. The highest BCUT2D eigenvalue weighted by Gasteiger charge is 2.23. The maximum absolute atomic E-state index is 12.1. The average molecular weight is 239 g/mol. The zero-order valence-corrected chi connectivity index (χ0v) is 11.8. The van der Waals surface area contributed by atoms with Crippen molar-refractivity contribution in [2.24, 2.45) is 11.8 Å².